The summed E-state index contributed by atoms with van der Waals surface area (Å²) in [6, 6.07) is 6.11. The van der Waals surface area contributed by atoms with E-state index < -0.39 is 5.91 Å². The Morgan fingerprint density at radius 2 is 2.29 bits per heavy atom. The zero-order chi connectivity index (χ0) is 15.4. The highest BCUT2D eigenvalue weighted by atomic mass is 35.5. The van der Waals surface area contributed by atoms with Gasteiger partial charge in [-0.15, -0.1) is 0 Å². The van der Waals surface area contributed by atoms with Gasteiger partial charge in [-0.05, 0) is 23.6 Å². The fraction of sp³-hybridized carbons (Fsp3) is 0.438. The summed E-state index contributed by atoms with van der Waals surface area (Å²) in [4.78, 5) is 13.1. The molecule has 0 saturated heterocycles. The summed E-state index contributed by atoms with van der Waals surface area (Å²) in [5, 5.41) is 0.502. The van der Waals surface area contributed by atoms with Gasteiger partial charge in [-0.25, -0.2) is 0 Å². The molecule has 0 aromatic heterocycles. The molecule has 1 heterocycles. The standard InChI is InChI=1S/C16H21ClN2O2/c1-11(2)14-4-3-7-19(14)9-12-5-6-15(13(17)8-12)21-10-16(18)20/h3-6,8,11,14H,7,9-10H2,1-2H3,(H2,18,20). The normalized spacial score (nSPS) is 18.4. The Morgan fingerprint density at radius 1 is 1.52 bits per heavy atom. The molecule has 0 spiro atoms. The van der Waals surface area contributed by atoms with E-state index in [-0.39, 0.29) is 6.61 Å². The molecular weight excluding hydrogens is 288 g/mol. The second-order valence-electron chi connectivity index (χ2n) is 5.61. The van der Waals surface area contributed by atoms with Crippen molar-refractivity contribution in [3.8, 4) is 5.75 Å². The van der Waals surface area contributed by atoms with E-state index >= 15 is 0 Å². The molecule has 0 aliphatic carbocycles. The predicted octanol–water partition coefficient (Wildman–Crippen LogP) is 2.60. The van der Waals surface area contributed by atoms with Crippen molar-refractivity contribution in [3.63, 3.8) is 0 Å². The maximum atomic E-state index is 10.7. The molecule has 2 N–H and O–H groups in total. The van der Waals surface area contributed by atoms with Gasteiger partial charge in [0.2, 0.25) is 0 Å². The maximum Gasteiger partial charge on any atom is 0.255 e. The summed E-state index contributed by atoms with van der Waals surface area (Å²) in [7, 11) is 0. The molecule has 0 bridgehead atoms. The minimum Gasteiger partial charge on any atom is -0.482 e. The SMILES string of the molecule is CC(C)C1C=CCN1Cc1ccc(OCC(N)=O)c(Cl)c1. The Hall–Kier alpha value is -1.52. The molecule has 1 aromatic carbocycles. The van der Waals surface area contributed by atoms with Crippen LogP contribution >= 0.6 is 11.6 Å². The van der Waals surface area contributed by atoms with Crippen molar-refractivity contribution in [1.29, 1.82) is 0 Å². The summed E-state index contributed by atoms with van der Waals surface area (Å²) < 4.78 is 5.25. The molecule has 0 saturated carbocycles. The maximum absolute atomic E-state index is 10.7. The Morgan fingerprint density at radius 3 is 2.90 bits per heavy atom. The van der Waals surface area contributed by atoms with Crippen LogP contribution in [0.4, 0.5) is 0 Å². The van der Waals surface area contributed by atoms with E-state index in [9.17, 15) is 4.79 Å². The first-order valence-electron chi connectivity index (χ1n) is 7.07. The van der Waals surface area contributed by atoms with Gasteiger partial charge in [0.15, 0.2) is 6.61 Å². The van der Waals surface area contributed by atoms with E-state index in [0.29, 0.717) is 22.7 Å². The fourth-order valence-corrected chi connectivity index (χ4v) is 2.79. The number of nitrogens with two attached hydrogens (primary N) is 1. The van der Waals surface area contributed by atoms with E-state index in [1.165, 1.54) is 0 Å². The molecule has 1 amide bonds. The van der Waals surface area contributed by atoms with Gasteiger partial charge in [0.25, 0.3) is 5.91 Å². The van der Waals surface area contributed by atoms with E-state index in [2.05, 4.69) is 30.9 Å². The molecule has 1 unspecified atom stereocenters. The van der Waals surface area contributed by atoms with Crippen LogP contribution in [0.2, 0.25) is 5.02 Å². The van der Waals surface area contributed by atoms with Gasteiger partial charge in [-0.2, -0.15) is 0 Å². The topological polar surface area (TPSA) is 55.6 Å². The molecule has 0 radical (unpaired) electrons. The van der Waals surface area contributed by atoms with E-state index in [0.717, 1.165) is 18.7 Å². The number of carbonyl (C=O) groups is 1. The summed E-state index contributed by atoms with van der Waals surface area (Å²) in [6.45, 7) is 6.08. The lowest BCUT2D eigenvalue weighted by Gasteiger charge is -2.27. The lowest BCUT2D eigenvalue weighted by atomic mass is 10.0. The number of halogens is 1. The lowest BCUT2D eigenvalue weighted by molar-refractivity contribution is -0.119. The van der Waals surface area contributed by atoms with Gasteiger partial charge in [0.1, 0.15) is 5.75 Å². The number of primary amides is 1. The van der Waals surface area contributed by atoms with E-state index in [4.69, 9.17) is 22.1 Å². The minimum atomic E-state index is -0.516. The quantitative estimate of drug-likeness (QED) is 0.822. The number of ether oxygens (including phenoxy) is 1. The van der Waals surface area contributed by atoms with Crippen LogP contribution < -0.4 is 10.5 Å². The number of rotatable bonds is 6. The molecule has 21 heavy (non-hydrogen) atoms. The largest absolute Gasteiger partial charge is 0.482 e. The third-order valence-corrected chi connectivity index (χ3v) is 3.83. The van der Waals surface area contributed by atoms with Crippen LogP contribution in [0.15, 0.2) is 30.4 Å². The van der Waals surface area contributed by atoms with Crippen molar-refractivity contribution in [2.24, 2.45) is 11.7 Å². The van der Waals surface area contributed by atoms with Crippen molar-refractivity contribution in [2.45, 2.75) is 26.4 Å². The Bertz CT molecular complexity index is 543. The third-order valence-electron chi connectivity index (χ3n) is 3.53. The Labute approximate surface area is 130 Å². The summed E-state index contributed by atoms with van der Waals surface area (Å²) in [5.74, 6) is 0.551. The lowest BCUT2D eigenvalue weighted by Crippen LogP contribution is -2.33. The van der Waals surface area contributed by atoms with Gasteiger partial charge in [0, 0.05) is 19.1 Å². The molecule has 1 aliphatic rings. The number of benzene rings is 1. The number of nitrogens with zero attached hydrogens (tertiary/aromatic N) is 1. The summed E-state index contributed by atoms with van der Waals surface area (Å²) >= 11 is 6.19. The number of hydrogen-bond acceptors (Lipinski definition) is 3. The summed E-state index contributed by atoms with van der Waals surface area (Å²) in [5.41, 5.74) is 6.18. The molecule has 4 nitrogen and oxygen atoms in total. The average molecular weight is 309 g/mol. The zero-order valence-corrected chi connectivity index (χ0v) is 13.1. The van der Waals surface area contributed by atoms with Gasteiger partial charge in [-0.3, -0.25) is 9.69 Å². The van der Waals surface area contributed by atoms with Gasteiger partial charge in [-0.1, -0.05) is 43.7 Å². The highest BCUT2D eigenvalue weighted by molar-refractivity contribution is 6.32. The Balaban J connectivity index is 2.02. The second-order valence-corrected chi connectivity index (χ2v) is 6.02. The molecule has 5 heteroatoms. The fourth-order valence-electron chi connectivity index (χ4n) is 2.54. The highest BCUT2D eigenvalue weighted by Crippen LogP contribution is 2.27. The molecule has 1 aromatic rings. The number of amides is 1. The first kappa shape index (κ1) is 15.9. The smallest absolute Gasteiger partial charge is 0.255 e. The Kier molecular flexibility index (Phi) is 5.26. The highest BCUT2D eigenvalue weighted by Gasteiger charge is 2.22. The van der Waals surface area contributed by atoms with Crippen LogP contribution in [-0.4, -0.2) is 30.0 Å². The van der Waals surface area contributed by atoms with Crippen molar-refractivity contribution in [3.05, 3.63) is 40.9 Å². The van der Waals surface area contributed by atoms with Crippen LogP contribution in [0.25, 0.3) is 0 Å². The van der Waals surface area contributed by atoms with E-state index in [1.54, 1.807) is 6.07 Å². The van der Waals surface area contributed by atoms with Crippen LogP contribution in [0.3, 0.4) is 0 Å². The van der Waals surface area contributed by atoms with Crippen LogP contribution in [-0.2, 0) is 11.3 Å². The van der Waals surface area contributed by atoms with Gasteiger partial charge < -0.3 is 10.5 Å². The van der Waals surface area contributed by atoms with Crippen LogP contribution in [0.1, 0.15) is 19.4 Å². The van der Waals surface area contributed by atoms with Gasteiger partial charge in [0.05, 0.1) is 5.02 Å². The molecule has 1 aliphatic heterocycles. The average Bonchev–Trinajstić information content (AvgIpc) is 2.86. The molecular formula is C16H21ClN2O2. The van der Waals surface area contributed by atoms with Gasteiger partial charge >= 0.3 is 0 Å². The molecule has 114 valence electrons. The molecule has 0 fully saturated rings. The third kappa shape index (κ3) is 4.22. The monoisotopic (exact) mass is 308 g/mol. The van der Waals surface area contributed by atoms with Crippen molar-refractivity contribution >= 4 is 17.5 Å². The second kappa shape index (κ2) is 6.96. The van der Waals surface area contributed by atoms with Crippen molar-refractivity contribution in [1.82, 2.24) is 4.90 Å². The van der Waals surface area contributed by atoms with Crippen molar-refractivity contribution in [2.75, 3.05) is 13.2 Å². The van der Waals surface area contributed by atoms with Crippen LogP contribution in [0, 0.1) is 5.92 Å². The molecule has 1 atom stereocenters. The van der Waals surface area contributed by atoms with E-state index in [1.807, 2.05) is 12.1 Å². The first-order chi connectivity index (χ1) is 9.97. The first-order valence-corrected chi connectivity index (χ1v) is 7.45. The van der Waals surface area contributed by atoms with Crippen molar-refractivity contribution < 1.29 is 9.53 Å². The summed E-state index contributed by atoms with van der Waals surface area (Å²) in [6.07, 6.45) is 4.47. The number of hydrogen-bond donors (Lipinski definition) is 1. The molecule has 2 rings (SSSR count). The minimum absolute atomic E-state index is 0.162. The predicted molar refractivity (Wildman–Crippen MR) is 84.3 cm³/mol. The zero-order valence-electron chi connectivity index (χ0n) is 12.4. The number of carbonyl (C=O) groups excluding carboxylic acids is 1. The van der Waals surface area contributed by atoms with Crippen LogP contribution in [0.5, 0.6) is 5.75 Å².